The van der Waals surface area contributed by atoms with E-state index in [1.165, 1.54) is 13.8 Å². The molecule has 9 nitrogen and oxygen atoms in total. The first-order chi connectivity index (χ1) is 14.5. The zero-order chi connectivity index (χ0) is 26.8. The van der Waals surface area contributed by atoms with Crippen LogP contribution in [0.1, 0.15) is 49.0 Å². The Hall–Kier alpha value is -2.55. The van der Waals surface area contributed by atoms with Gasteiger partial charge in [-0.1, -0.05) is 28.0 Å². The second-order valence-electron chi connectivity index (χ2n) is 6.95. The number of carbonyl (C=O) groups excluding carboxylic acids is 3. The standard InChI is InChI=1S/C10H15F3O2.C8H10F2O7S.2CH4/c1-7(2)8(14)15-6-5-10(12,13)9(3,4)11;1-5(2)7(12)16-3-6(11)17-4-8(9,10)18(13,14)15;;/h1,5-6H2,2-4H3;1,3-4H2,2H3,(H,13,14,15);2*1H4/p-1. The minimum absolute atomic E-state index is 0. The molecule has 0 aliphatic carbocycles. The van der Waals surface area contributed by atoms with E-state index in [1.54, 1.807) is 0 Å². The second kappa shape index (κ2) is 15.4. The fraction of sp³-hybridized carbons (Fsp3) is 0.650. The Labute approximate surface area is 202 Å². The summed E-state index contributed by atoms with van der Waals surface area (Å²) in [4.78, 5) is 32.4. The lowest BCUT2D eigenvalue weighted by atomic mass is 10.0. The van der Waals surface area contributed by atoms with E-state index in [9.17, 15) is 49.3 Å². The minimum atomic E-state index is -5.93. The van der Waals surface area contributed by atoms with Crippen LogP contribution >= 0.6 is 0 Å². The second-order valence-corrected chi connectivity index (χ2v) is 8.46. The lowest BCUT2D eigenvalue weighted by Crippen LogP contribution is -2.39. The number of rotatable bonds is 11. The van der Waals surface area contributed by atoms with Gasteiger partial charge in [0, 0.05) is 17.6 Å². The number of hydrogen-bond acceptors (Lipinski definition) is 9. The smallest absolute Gasteiger partial charge is 0.367 e. The average Bonchev–Trinajstić information content (AvgIpc) is 2.62. The molecule has 35 heavy (non-hydrogen) atoms. The zero-order valence-corrected chi connectivity index (χ0v) is 19.0. The third kappa shape index (κ3) is 15.9. The fourth-order valence-corrected chi connectivity index (χ4v) is 1.42. The van der Waals surface area contributed by atoms with Gasteiger partial charge in [0.05, 0.1) is 6.61 Å². The van der Waals surface area contributed by atoms with Gasteiger partial charge in [0.2, 0.25) is 0 Å². The minimum Gasteiger partial charge on any atom is -0.743 e. The van der Waals surface area contributed by atoms with Crippen LogP contribution in [-0.4, -0.2) is 67.5 Å². The van der Waals surface area contributed by atoms with Gasteiger partial charge >= 0.3 is 23.2 Å². The highest BCUT2D eigenvalue weighted by molar-refractivity contribution is 7.86. The van der Waals surface area contributed by atoms with E-state index in [1.807, 2.05) is 0 Å². The molecule has 0 saturated carbocycles. The number of carbonyl (C=O) groups is 3. The molecule has 0 aromatic heterocycles. The van der Waals surface area contributed by atoms with E-state index in [0.717, 1.165) is 13.8 Å². The molecule has 0 spiro atoms. The molecule has 0 amide bonds. The summed E-state index contributed by atoms with van der Waals surface area (Å²) in [6.45, 7) is 7.26. The van der Waals surface area contributed by atoms with E-state index in [4.69, 9.17) is 0 Å². The van der Waals surface area contributed by atoms with Crippen LogP contribution in [0.5, 0.6) is 0 Å². The summed E-state index contributed by atoms with van der Waals surface area (Å²) in [7, 11) is -5.93. The van der Waals surface area contributed by atoms with Gasteiger partial charge in [0.15, 0.2) is 29.0 Å². The lowest BCUT2D eigenvalue weighted by molar-refractivity contribution is -0.160. The summed E-state index contributed by atoms with van der Waals surface area (Å²) in [5.74, 6) is -6.63. The highest BCUT2D eigenvalue weighted by Crippen LogP contribution is 2.34. The van der Waals surface area contributed by atoms with Crippen molar-refractivity contribution in [3.05, 3.63) is 24.3 Å². The van der Waals surface area contributed by atoms with E-state index in [2.05, 4.69) is 27.4 Å². The molecule has 0 heterocycles. The summed E-state index contributed by atoms with van der Waals surface area (Å²) in [6, 6.07) is 0. The third-order valence-corrected chi connectivity index (χ3v) is 4.15. The Morgan fingerprint density at radius 2 is 1.26 bits per heavy atom. The monoisotopic (exact) mass is 543 g/mol. The van der Waals surface area contributed by atoms with Crippen molar-refractivity contribution < 1.29 is 63.5 Å². The van der Waals surface area contributed by atoms with Crippen LogP contribution in [0.15, 0.2) is 24.3 Å². The number of hydrogen-bond donors (Lipinski definition) is 0. The molecule has 208 valence electrons. The van der Waals surface area contributed by atoms with Crippen LogP contribution < -0.4 is 0 Å². The van der Waals surface area contributed by atoms with Gasteiger partial charge < -0.3 is 18.8 Å². The maximum Gasteiger partial charge on any atom is 0.367 e. The van der Waals surface area contributed by atoms with Crippen LogP contribution in [0.3, 0.4) is 0 Å². The highest BCUT2D eigenvalue weighted by Gasteiger charge is 2.47. The molecule has 0 rings (SSSR count). The van der Waals surface area contributed by atoms with Crippen LogP contribution in [0.4, 0.5) is 22.0 Å². The number of esters is 3. The summed E-state index contributed by atoms with van der Waals surface area (Å²) < 4.78 is 107. The molecule has 15 heteroatoms. The molecule has 0 aromatic rings. The maximum absolute atomic E-state index is 13.0. The van der Waals surface area contributed by atoms with Crippen molar-refractivity contribution in [2.45, 2.75) is 65.8 Å². The van der Waals surface area contributed by atoms with Gasteiger partial charge in [-0.05, 0) is 27.7 Å². The normalized spacial score (nSPS) is 11.4. The topological polar surface area (TPSA) is 136 Å². The van der Waals surface area contributed by atoms with Crippen molar-refractivity contribution in [1.29, 1.82) is 0 Å². The van der Waals surface area contributed by atoms with Gasteiger partial charge in [0.1, 0.15) is 0 Å². The molecular weight excluding hydrogens is 511 g/mol. The van der Waals surface area contributed by atoms with Crippen molar-refractivity contribution in [3.8, 4) is 0 Å². The van der Waals surface area contributed by atoms with Gasteiger partial charge in [-0.3, -0.25) is 0 Å². The van der Waals surface area contributed by atoms with Crippen molar-refractivity contribution in [2.75, 3.05) is 19.8 Å². The summed E-state index contributed by atoms with van der Waals surface area (Å²) in [5, 5.41) is -4.74. The maximum atomic E-state index is 13.0. The largest absolute Gasteiger partial charge is 0.743 e. The fourth-order valence-electron chi connectivity index (χ4n) is 1.22. The Morgan fingerprint density at radius 1 is 0.857 bits per heavy atom. The molecule has 0 unspecified atom stereocenters. The molecule has 0 aromatic carbocycles. The predicted octanol–water partition coefficient (Wildman–Crippen LogP) is 3.94. The molecule has 0 saturated heterocycles. The Bertz CT molecular complexity index is 848. The van der Waals surface area contributed by atoms with E-state index >= 15 is 0 Å². The van der Waals surface area contributed by atoms with Gasteiger partial charge in [-0.2, -0.15) is 8.78 Å². The Morgan fingerprint density at radius 3 is 1.60 bits per heavy atom. The Balaban J connectivity index is -0.000000263. The quantitative estimate of drug-likeness (QED) is 0.125. The number of alkyl halides is 5. The molecule has 0 atom stereocenters. The van der Waals surface area contributed by atoms with Crippen molar-refractivity contribution in [3.63, 3.8) is 0 Å². The highest BCUT2D eigenvalue weighted by atomic mass is 32.2. The Kier molecular flexibility index (Phi) is 17.5. The van der Waals surface area contributed by atoms with Crippen LogP contribution in [0, 0.1) is 0 Å². The molecule has 0 bridgehead atoms. The van der Waals surface area contributed by atoms with Crippen molar-refractivity contribution in [1.82, 2.24) is 0 Å². The molecule has 0 N–H and O–H groups in total. The average molecular weight is 544 g/mol. The molecule has 0 aliphatic heterocycles. The number of ether oxygens (including phenoxy) is 3. The first-order valence-electron chi connectivity index (χ1n) is 8.76. The van der Waals surface area contributed by atoms with Gasteiger partial charge in [-0.25, -0.2) is 36.0 Å². The first kappa shape index (κ1) is 39.7. The predicted molar refractivity (Wildman–Crippen MR) is 115 cm³/mol. The van der Waals surface area contributed by atoms with Crippen molar-refractivity contribution >= 4 is 28.0 Å². The summed E-state index contributed by atoms with van der Waals surface area (Å²) in [6.07, 6.45) is -0.838. The van der Waals surface area contributed by atoms with Gasteiger partial charge in [-0.15, -0.1) is 0 Å². The van der Waals surface area contributed by atoms with Crippen molar-refractivity contribution in [2.24, 2.45) is 0 Å². The molecule has 0 fully saturated rings. The van der Waals surface area contributed by atoms with Crippen LogP contribution in [-0.2, 0) is 38.7 Å². The van der Waals surface area contributed by atoms with E-state index in [0.29, 0.717) is 0 Å². The summed E-state index contributed by atoms with van der Waals surface area (Å²) >= 11 is 0. The summed E-state index contributed by atoms with van der Waals surface area (Å²) in [5.41, 5.74) is -2.53. The van der Waals surface area contributed by atoms with Crippen LogP contribution in [0.2, 0.25) is 0 Å². The first-order valence-corrected chi connectivity index (χ1v) is 10.2. The molecular formula is C20H32F5O9S-. The molecule has 0 aliphatic rings. The lowest BCUT2D eigenvalue weighted by Gasteiger charge is -2.26. The number of halogens is 5. The zero-order valence-electron chi connectivity index (χ0n) is 18.2. The van der Waals surface area contributed by atoms with Gasteiger partial charge in [0.25, 0.3) is 5.92 Å². The molecule has 0 radical (unpaired) electrons. The SMILES string of the molecule is C.C.C=C(C)C(=O)OCC(=O)OCC(F)(F)S(=O)(=O)[O-].C=C(C)C(=O)OCCC(F)(F)C(C)(C)F. The third-order valence-electron chi connectivity index (χ3n) is 3.30. The van der Waals surface area contributed by atoms with E-state index < -0.39 is 71.1 Å². The van der Waals surface area contributed by atoms with E-state index in [-0.39, 0.29) is 26.0 Å². The van der Waals surface area contributed by atoms with Crippen LogP contribution in [0.25, 0.3) is 0 Å².